The Morgan fingerprint density at radius 2 is 2.04 bits per heavy atom. The number of amides is 1. The number of aromatic amines is 1. The largest absolute Gasteiger partial charge is 0.337 e. The lowest BCUT2D eigenvalue weighted by atomic mass is 10.1. The predicted molar refractivity (Wildman–Crippen MR) is 85.9 cm³/mol. The smallest absolute Gasteiger partial charge is 0.269 e. The van der Waals surface area contributed by atoms with Crippen LogP contribution >= 0.6 is 0 Å². The standard InChI is InChI=1S/C14H9N7O3/c15-20-19-14-17-11-3-1-2-10(12(11)18-14)13(22)16-8-4-6-9(7-5-8)21(23)24/h1-7H,(H,16,22)(H,17,18). The zero-order chi connectivity index (χ0) is 17.1. The first-order valence-corrected chi connectivity index (χ1v) is 6.68. The Kier molecular flexibility index (Phi) is 3.79. The zero-order valence-electron chi connectivity index (χ0n) is 12.0. The number of hydrogen-bond donors (Lipinski definition) is 2. The Morgan fingerprint density at radius 1 is 1.29 bits per heavy atom. The Morgan fingerprint density at radius 3 is 2.71 bits per heavy atom. The highest BCUT2D eigenvalue weighted by Gasteiger charge is 2.14. The van der Waals surface area contributed by atoms with E-state index in [2.05, 4.69) is 25.3 Å². The molecule has 0 aliphatic carbocycles. The molecule has 1 amide bonds. The highest BCUT2D eigenvalue weighted by atomic mass is 16.6. The Labute approximate surface area is 133 Å². The van der Waals surface area contributed by atoms with Crippen LogP contribution in [0.2, 0.25) is 0 Å². The molecule has 0 aliphatic rings. The molecule has 3 rings (SSSR count). The van der Waals surface area contributed by atoms with Gasteiger partial charge in [0.15, 0.2) is 5.95 Å². The number of azide groups is 1. The van der Waals surface area contributed by atoms with Crippen molar-refractivity contribution in [2.45, 2.75) is 0 Å². The molecule has 2 aromatic carbocycles. The number of para-hydroxylation sites is 1. The van der Waals surface area contributed by atoms with Gasteiger partial charge >= 0.3 is 0 Å². The van der Waals surface area contributed by atoms with Crippen molar-refractivity contribution in [2.75, 3.05) is 5.32 Å². The fraction of sp³-hybridized carbons (Fsp3) is 0. The minimum Gasteiger partial charge on any atom is -0.337 e. The topological polar surface area (TPSA) is 150 Å². The second kappa shape index (κ2) is 6.07. The van der Waals surface area contributed by atoms with E-state index in [0.29, 0.717) is 16.7 Å². The van der Waals surface area contributed by atoms with Crippen LogP contribution in [0.3, 0.4) is 0 Å². The maximum Gasteiger partial charge on any atom is 0.269 e. The number of non-ortho nitro benzene ring substituents is 1. The van der Waals surface area contributed by atoms with Crippen LogP contribution in [0, 0.1) is 10.1 Å². The number of carbonyl (C=O) groups excluding carboxylic acids is 1. The van der Waals surface area contributed by atoms with Gasteiger partial charge in [-0.05, 0) is 34.9 Å². The quantitative estimate of drug-likeness (QED) is 0.247. The number of nitrogens with zero attached hydrogens (tertiary/aromatic N) is 5. The molecule has 0 atom stereocenters. The van der Waals surface area contributed by atoms with E-state index in [0.717, 1.165) is 0 Å². The molecule has 10 nitrogen and oxygen atoms in total. The first-order chi connectivity index (χ1) is 11.6. The molecular weight excluding hydrogens is 314 g/mol. The molecule has 0 fully saturated rings. The van der Waals surface area contributed by atoms with E-state index in [1.807, 2.05) is 0 Å². The molecule has 1 heterocycles. The maximum absolute atomic E-state index is 12.4. The van der Waals surface area contributed by atoms with Crippen molar-refractivity contribution in [3.8, 4) is 0 Å². The summed E-state index contributed by atoms with van der Waals surface area (Å²) in [5, 5.41) is 16.6. The van der Waals surface area contributed by atoms with Crippen molar-refractivity contribution in [3.05, 3.63) is 68.6 Å². The van der Waals surface area contributed by atoms with E-state index in [1.165, 1.54) is 24.3 Å². The van der Waals surface area contributed by atoms with Gasteiger partial charge in [0.1, 0.15) is 5.52 Å². The lowest BCUT2D eigenvalue weighted by Gasteiger charge is -2.05. The molecule has 118 valence electrons. The van der Waals surface area contributed by atoms with Gasteiger partial charge in [0.25, 0.3) is 11.6 Å². The Balaban J connectivity index is 1.90. The monoisotopic (exact) mass is 323 g/mol. The summed E-state index contributed by atoms with van der Waals surface area (Å²) in [5.41, 5.74) is 9.98. The van der Waals surface area contributed by atoms with Gasteiger partial charge < -0.3 is 10.3 Å². The second-order valence-electron chi connectivity index (χ2n) is 4.71. The Bertz CT molecular complexity index is 987. The van der Waals surface area contributed by atoms with Crippen molar-refractivity contribution in [3.63, 3.8) is 0 Å². The summed E-state index contributed by atoms with van der Waals surface area (Å²) in [7, 11) is 0. The van der Waals surface area contributed by atoms with Crippen LogP contribution in [0.5, 0.6) is 0 Å². The van der Waals surface area contributed by atoms with Crippen LogP contribution in [0.1, 0.15) is 10.4 Å². The summed E-state index contributed by atoms with van der Waals surface area (Å²) in [6.07, 6.45) is 0. The van der Waals surface area contributed by atoms with Crippen molar-refractivity contribution in [1.29, 1.82) is 0 Å². The van der Waals surface area contributed by atoms with E-state index < -0.39 is 10.8 Å². The van der Waals surface area contributed by atoms with Gasteiger partial charge in [0, 0.05) is 22.7 Å². The van der Waals surface area contributed by atoms with Crippen molar-refractivity contribution in [2.24, 2.45) is 5.11 Å². The average molecular weight is 323 g/mol. The molecule has 0 unspecified atom stereocenters. The number of anilines is 1. The lowest BCUT2D eigenvalue weighted by Crippen LogP contribution is -2.12. The molecular formula is C14H9N7O3. The average Bonchev–Trinajstić information content (AvgIpc) is 2.98. The van der Waals surface area contributed by atoms with Gasteiger partial charge in [-0.25, -0.2) is 4.98 Å². The summed E-state index contributed by atoms with van der Waals surface area (Å²) >= 11 is 0. The molecule has 24 heavy (non-hydrogen) atoms. The number of benzene rings is 2. The Hall–Kier alpha value is -3.91. The fourth-order valence-corrected chi connectivity index (χ4v) is 2.16. The van der Waals surface area contributed by atoms with Gasteiger partial charge in [0.05, 0.1) is 16.0 Å². The number of fused-ring (bicyclic) bond motifs is 1. The SMILES string of the molecule is [N-]=[N+]=Nc1nc2c(C(=O)Nc3ccc([N+](=O)[O-])cc3)cccc2[nH]1. The maximum atomic E-state index is 12.4. The minimum atomic E-state index is -0.521. The molecule has 0 saturated heterocycles. The summed E-state index contributed by atoms with van der Waals surface area (Å²) in [6.45, 7) is 0. The normalized spacial score (nSPS) is 10.2. The van der Waals surface area contributed by atoms with Crippen LogP contribution < -0.4 is 5.32 Å². The van der Waals surface area contributed by atoms with Crippen molar-refractivity contribution < 1.29 is 9.72 Å². The third-order valence-corrected chi connectivity index (χ3v) is 3.22. The van der Waals surface area contributed by atoms with Gasteiger partial charge in [-0.3, -0.25) is 14.9 Å². The number of aromatic nitrogens is 2. The third-order valence-electron chi connectivity index (χ3n) is 3.22. The van der Waals surface area contributed by atoms with Crippen LogP contribution in [-0.4, -0.2) is 20.8 Å². The molecule has 10 heteroatoms. The van der Waals surface area contributed by atoms with Crippen LogP contribution in [0.4, 0.5) is 17.3 Å². The number of nitro benzene ring substituents is 1. The van der Waals surface area contributed by atoms with Crippen LogP contribution in [0.25, 0.3) is 21.5 Å². The molecule has 0 radical (unpaired) electrons. The molecule has 0 bridgehead atoms. The fourth-order valence-electron chi connectivity index (χ4n) is 2.16. The summed E-state index contributed by atoms with van der Waals surface area (Å²) in [4.78, 5) is 32.0. The van der Waals surface area contributed by atoms with E-state index in [-0.39, 0.29) is 17.2 Å². The van der Waals surface area contributed by atoms with Crippen molar-refractivity contribution in [1.82, 2.24) is 9.97 Å². The van der Waals surface area contributed by atoms with Gasteiger partial charge in [-0.2, -0.15) is 0 Å². The molecule has 1 aromatic heterocycles. The highest BCUT2D eigenvalue weighted by molar-refractivity contribution is 6.11. The number of carbonyl (C=O) groups is 1. The second-order valence-corrected chi connectivity index (χ2v) is 4.71. The predicted octanol–water partition coefficient (Wildman–Crippen LogP) is 3.67. The molecule has 0 aliphatic heterocycles. The molecule has 3 aromatic rings. The van der Waals surface area contributed by atoms with Crippen molar-refractivity contribution >= 4 is 34.3 Å². The van der Waals surface area contributed by atoms with E-state index in [9.17, 15) is 14.9 Å². The first kappa shape index (κ1) is 15.0. The van der Waals surface area contributed by atoms with Crippen LogP contribution in [-0.2, 0) is 0 Å². The van der Waals surface area contributed by atoms with E-state index >= 15 is 0 Å². The van der Waals surface area contributed by atoms with E-state index in [4.69, 9.17) is 5.53 Å². The summed E-state index contributed by atoms with van der Waals surface area (Å²) in [5.74, 6) is -0.378. The third kappa shape index (κ3) is 2.85. The minimum absolute atomic E-state index is 0.0584. The highest BCUT2D eigenvalue weighted by Crippen LogP contribution is 2.22. The number of rotatable bonds is 4. The first-order valence-electron chi connectivity index (χ1n) is 6.68. The lowest BCUT2D eigenvalue weighted by molar-refractivity contribution is -0.384. The molecule has 0 saturated carbocycles. The van der Waals surface area contributed by atoms with Gasteiger partial charge in [-0.15, -0.1) is 0 Å². The zero-order valence-corrected chi connectivity index (χ0v) is 12.0. The van der Waals surface area contributed by atoms with Crippen LogP contribution in [0.15, 0.2) is 47.6 Å². The van der Waals surface area contributed by atoms with Gasteiger partial charge in [-0.1, -0.05) is 6.07 Å². The number of imidazole rings is 1. The molecule has 2 N–H and O–H groups in total. The summed E-state index contributed by atoms with van der Waals surface area (Å²) in [6, 6.07) is 10.4. The number of nitrogens with one attached hydrogen (secondary N) is 2. The number of H-pyrrole nitrogens is 1. The van der Waals surface area contributed by atoms with E-state index in [1.54, 1.807) is 18.2 Å². The number of hydrogen-bond acceptors (Lipinski definition) is 5. The number of nitro groups is 1. The van der Waals surface area contributed by atoms with Gasteiger partial charge in [0.2, 0.25) is 0 Å². The molecule has 0 spiro atoms. The summed E-state index contributed by atoms with van der Waals surface area (Å²) < 4.78 is 0.